The summed E-state index contributed by atoms with van der Waals surface area (Å²) in [6.07, 6.45) is 0.577. The van der Waals surface area contributed by atoms with Crippen molar-refractivity contribution in [3.8, 4) is 11.8 Å². The van der Waals surface area contributed by atoms with Gasteiger partial charge in [0, 0.05) is 6.54 Å². The molecule has 0 heterocycles. The Morgan fingerprint density at radius 3 is 2.06 bits per heavy atom. The summed E-state index contributed by atoms with van der Waals surface area (Å²) in [5, 5.41) is 13.3. The van der Waals surface area contributed by atoms with Crippen LogP contribution in [0.4, 0.5) is 5.69 Å². The lowest BCUT2D eigenvalue weighted by Crippen LogP contribution is -2.37. The van der Waals surface area contributed by atoms with Gasteiger partial charge >= 0.3 is 0 Å². The van der Waals surface area contributed by atoms with E-state index in [1.54, 1.807) is 7.11 Å². The number of nitrogens with zero attached hydrogens (tertiary/aromatic N) is 2. The average Bonchev–Trinajstić information content (AvgIpc) is 2.85. The maximum absolute atomic E-state index is 12.7. The lowest BCUT2D eigenvalue weighted by Gasteiger charge is -2.31. The van der Waals surface area contributed by atoms with Gasteiger partial charge < -0.3 is 10.1 Å². The molecule has 0 saturated carbocycles. The number of methoxy groups -OCH3 is 1. The van der Waals surface area contributed by atoms with E-state index in [0.717, 1.165) is 11.1 Å². The molecule has 0 fully saturated rings. The van der Waals surface area contributed by atoms with Gasteiger partial charge in [0.25, 0.3) is 0 Å². The van der Waals surface area contributed by atoms with E-state index in [1.807, 2.05) is 91.9 Å². The molecule has 32 heavy (non-hydrogen) atoms. The molecule has 0 bridgehead atoms. The van der Waals surface area contributed by atoms with E-state index in [-0.39, 0.29) is 12.5 Å². The third kappa shape index (κ3) is 5.35. The second-order valence-corrected chi connectivity index (χ2v) is 7.62. The van der Waals surface area contributed by atoms with Gasteiger partial charge in [-0.2, -0.15) is 5.26 Å². The molecule has 0 aliphatic heterocycles. The third-order valence-electron chi connectivity index (χ3n) is 5.72. The van der Waals surface area contributed by atoms with E-state index in [1.165, 1.54) is 0 Å². The summed E-state index contributed by atoms with van der Waals surface area (Å²) in [5.74, 6) is 0.513. The molecule has 0 radical (unpaired) electrons. The largest absolute Gasteiger partial charge is 0.495 e. The Labute approximate surface area is 190 Å². The van der Waals surface area contributed by atoms with Crippen molar-refractivity contribution in [1.82, 2.24) is 4.90 Å². The molecule has 5 nitrogen and oxygen atoms in total. The normalized spacial score (nSPS) is 11.1. The Morgan fingerprint density at radius 2 is 1.53 bits per heavy atom. The van der Waals surface area contributed by atoms with E-state index in [4.69, 9.17) is 4.74 Å². The van der Waals surface area contributed by atoms with Gasteiger partial charge in [-0.1, -0.05) is 79.7 Å². The minimum absolute atomic E-state index is 0.113. The van der Waals surface area contributed by atoms with Crippen molar-refractivity contribution in [2.24, 2.45) is 0 Å². The number of hydrogen-bond donors (Lipinski definition) is 1. The standard InChI is InChI=1S/C27H29N3O2/c1-3-30(20-26(31)29-24-16-10-11-17-25(24)32-2)19-18-27(21-28,22-12-6-4-7-13-22)23-14-8-5-9-15-23/h4-17H,3,18-20H2,1-2H3,(H,29,31). The van der Waals surface area contributed by atoms with Crippen molar-refractivity contribution >= 4 is 11.6 Å². The van der Waals surface area contributed by atoms with Crippen LogP contribution in [0.3, 0.4) is 0 Å². The molecule has 3 rings (SSSR count). The number of carbonyl (C=O) groups excluding carboxylic acids is 1. The summed E-state index contributed by atoms with van der Waals surface area (Å²) >= 11 is 0. The van der Waals surface area contributed by atoms with Gasteiger partial charge in [-0.25, -0.2) is 0 Å². The highest BCUT2D eigenvalue weighted by Gasteiger charge is 2.34. The fourth-order valence-corrected chi connectivity index (χ4v) is 3.90. The lowest BCUT2D eigenvalue weighted by molar-refractivity contribution is -0.117. The number of ether oxygens (including phenoxy) is 1. The van der Waals surface area contributed by atoms with E-state index in [9.17, 15) is 10.1 Å². The number of benzene rings is 3. The van der Waals surface area contributed by atoms with Gasteiger partial charge in [0.05, 0.1) is 25.4 Å². The predicted octanol–water partition coefficient (Wildman–Crippen LogP) is 4.86. The zero-order valence-corrected chi connectivity index (χ0v) is 18.6. The average molecular weight is 428 g/mol. The number of likely N-dealkylation sites (N-methyl/N-ethyl adjacent to an activating group) is 1. The van der Waals surface area contributed by atoms with Crippen LogP contribution in [0.5, 0.6) is 5.75 Å². The summed E-state index contributed by atoms with van der Waals surface area (Å²) in [7, 11) is 1.58. The van der Waals surface area contributed by atoms with Crippen LogP contribution in [0.1, 0.15) is 24.5 Å². The van der Waals surface area contributed by atoms with E-state index in [0.29, 0.717) is 30.9 Å². The van der Waals surface area contributed by atoms with E-state index >= 15 is 0 Å². The summed E-state index contributed by atoms with van der Waals surface area (Å²) in [6.45, 7) is 3.56. The predicted molar refractivity (Wildman–Crippen MR) is 128 cm³/mol. The monoisotopic (exact) mass is 427 g/mol. The number of para-hydroxylation sites is 2. The number of rotatable bonds is 10. The number of nitriles is 1. The molecule has 0 saturated heterocycles. The smallest absolute Gasteiger partial charge is 0.238 e. The molecule has 3 aromatic rings. The molecule has 5 heteroatoms. The van der Waals surface area contributed by atoms with Crippen LogP contribution < -0.4 is 10.1 Å². The van der Waals surface area contributed by atoms with Crippen LogP contribution >= 0.6 is 0 Å². The zero-order chi connectivity index (χ0) is 22.8. The third-order valence-corrected chi connectivity index (χ3v) is 5.72. The first-order valence-corrected chi connectivity index (χ1v) is 10.8. The lowest BCUT2D eigenvalue weighted by atomic mass is 9.73. The van der Waals surface area contributed by atoms with Crippen molar-refractivity contribution in [3.63, 3.8) is 0 Å². The van der Waals surface area contributed by atoms with Crippen molar-refractivity contribution in [2.75, 3.05) is 32.1 Å². The van der Waals surface area contributed by atoms with Crippen molar-refractivity contribution in [1.29, 1.82) is 5.26 Å². The molecule has 0 atom stereocenters. The first kappa shape index (κ1) is 23.1. The number of hydrogen-bond acceptors (Lipinski definition) is 4. The Bertz CT molecular complexity index is 1010. The summed E-state index contributed by atoms with van der Waals surface area (Å²) < 4.78 is 5.32. The van der Waals surface area contributed by atoms with Gasteiger partial charge in [0.15, 0.2) is 0 Å². The summed E-state index contributed by atoms with van der Waals surface area (Å²) in [4.78, 5) is 14.8. The quantitative estimate of drug-likeness (QED) is 0.502. The molecular weight excluding hydrogens is 398 g/mol. The van der Waals surface area contributed by atoms with Crippen molar-refractivity contribution in [3.05, 3.63) is 96.1 Å². The maximum atomic E-state index is 12.7. The fraction of sp³-hybridized carbons (Fsp3) is 0.259. The molecule has 1 N–H and O–H groups in total. The molecule has 0 spiro atoms. The minimum Gasteiger partial charge on any atom is -0.495 e. The fourth-order valence-electron chi connectivity index (χ4n) is 3.90. The van der Waals surface area contributed by atoms with Gasteiger partial charge in [-0.05, 0) is 36.2 Å². The molecular formula is C27H29N3O2. The van der Waals surface area contributed by atoms with Crippen LogP contribution in [0.15, 0.2) is 84.9 Å². The second-order valence-electron chi connectivity index (χ2n) is 7.62. The van der Waals surface area contributed by atoms with Gasteiger partial charge in [0.1, 0.15) is 11.2 Å². The SMILES string of the molecule is CCN(CCC(C#N)(c1ccccc1)c1ccccc1)CC(=O)Nc1ccccc1OC. The first-order chi connectivity index (χ1) is 15.6. The highest BCUT2D eigenvalue weighted by molar-refractivity contribution is 5.93. The van der Waals surface area contributed by atoms with Gasteiger partial charge in [-0.3, -0.25) is 9.69 Å². The highest BCUT2D eigenvalue weighted by Crippen LogP contribution is 2.35. The maximum Gasteiger partial charge on any atom is 0.238 e. The Hall–Kier alpha value is -3.62. The topological polar surface area (TPSA) is 65.4 Å². The van der Waals surface area contributed by atoms with E-state index < -0.39 is 5.41 Å². The summed E-state index contributed by atoms with van der Waals surface area (Å²) in [6, 6.07) is 29.7. The molecule has 0 aliphatic rings. The Balaban J connectivity index is 1.76. The minimum atomic E-state index is -0.783. The van der Waals surface area contributed by atoms with Gasteiger partial charge in [-0.15, -0.1) is 0 Å². The van der Waals surface area contributed by atoms with Gasteiger partial charge in [0.2, 0.25) is 5.91 Å². The molecule has 0 aromatic heterocycles. The Morgan fingerprint density at radius 1 is 0.969 bits per heavy atom. The number of nitrogens with one attached hydrogen (secondary N) is 1. The van der Waals surface area contributed by atoms with Crippen LogP contribution in [-0.4, -0.2) is 37.6 Å². The molecule has 0 unspecified atom stereocenters. The number of carbonyl (C=O) groups is 1. The highest BCUT2D eigenvalue weighted by atomic mass is 16.5. The van der Waals surface area contributed by atoms with Crippen LogP contribution in [0.2, 0.25) is 0 Å². The first-order valence-electron chi connectivity index (χ1n) is 10.8. The van der Waals surface area contributed by atoms with E-state index in [2.05, 4.69) is 16.3 Å². The molecule has 164 valence electrons. The van der Waals surface area contributed by atoms with Crippen molar-refractivity contribution in [2.45, 2.75) is 18.8 Å². The van der Waals surface area contributed by atoms with Crippen molar-refractivity contribution < 1.29 is 9.53 Å². The van der Waals surface area contributed by atoms with Crippen LogP contribution in [0.25, 0.3) is 0 Å². The molecule has 1 amide bonds. The molecule has 3 aromatic carbocycles. The van der Waals surface area contributed by atoms with Crippen LogP contribution in [0, 0.1) is 11.3 Å². The summed E-state index contributed by atoms with van der Waals surface area (Å²) in [5.41, 5.74) is 1.79. The molecule has 0 aliphatic carbocycles. The number of anilines is 1. The zero-order valence-electron chi connectivity index (χ0n) is 18.6. The Kier molecular flexibility index (Phi) is 8.02. The number of amides is 1. The van der Waals surface area contributed by atoms with Crippen LogP contribution in [-0.2, 0) is 10.2 Å². The second kappa shape index (κ2) is 11.1.